The highest BCUT2D eigenvalue weighted by molar-refractivity contribution is 7.17. The minimum absolute atomic E-state index is 0.339. The van der Waals surface area contributed by atoms with Crippen molar-refractivity contribution in [2.75, 3.05) is 10.2 Å². The summed E-state index contributed by atoms with van der Waals surface area (Å²) < 4.78 is 5.68. The van der Waals surface area contributed by atoms with Crippen molar-refractivity contribution in [2.45, 2.75) is 58.2 Å². The summed E-state index contributed by atoms with van der Waals surface area (Å²) in [5.74, 6) is -0.339. The standard InChI is InChI=1S/C21H26ClN3O3S/c1-13-5-6-14(2)25(13)16-9-7-15(8-10-16)23-19(26)21(3,4)24-20(27)28-18-12-11-17(22)29-18/h7-14H,5-6H2,1-4H3,(H,23,26)(H,24,27). The van der Waals surface area contributed by atoms with E-state index in [0.717, 1.165) is 17.0 Å². The topological polar surface area (TPSA) is 70.7 Å². The van der Waals surface area contributed by atoms with Gasteiger partial charge in [-0.25, -0.2) is 4.79 Å². The molecule has 2 aromatic rings. The lowest BCUT2D eigenvalue weighted by Crippen LogP contribution is -2.53. The van der Waals surface area contributed by atoms with Crippen molar-refractivity contribution < 1.29 is 14.3 Å². The first-order chi connectivity index (χ1) is 13.7. The highest BCUT2D eigenvalue weighted by Crippen LogP contribution is 2.31. The Hall–Kier alpha value is -2.25. The molecule has 1 aromatic carbocycles. The number of carbonyl (C=O) groups is 2. The Labute approximate surface area is 180 Å². The maximum Gasteiger partial charge on any atom is 0.414 e. The van der Waals surface area contributed by atoms with Gasteiger partial charge in [-0.15, -0.1) is 0 Å². The third-order valence-electron chi connectivity index (χ3n) is 5.10. The number of rotatable bonds is 5. The predicted octanol–water partition coefficient (Wildman–Crippen LogP) is 5.28. The summed E-state index contributed by atoms with van der Waals surface area (Å²) in [7, 11) is 0. The number of halogens is 1. The summed E-state index contributed by atoms with van der Waals surface area (Å²) in [5.41, 5.74) is 0.664. The Balaban J connectivity index is 1.58. The molecule has 6 nitrogen and oxygen atoms in total. The number of anilines is 2. The Kier molecular flexibility index (Phi) is 6.39. The molecule has 0 aliphatic carbocycles. The van der Waals surface area contributed by atoms with Crippen LogP contribution in [0.2, 0.25) is 4.34 Å². The molecule has 0 saturated carbocycles. The highest BCUT2D eigenvalue weighted by Gasteiger charge is 2.31. The van der Waals surface area contributed by atoms with Crippen LogP contribution in [-0.2, 0) is 4.79 Å². The van der Waals surface area contributed by atoms with Crippen molar-refractivity contribution in [1.82, 2.24) is 5.32 Å². The molecule has 3 rings (SSSR count). The van der Waals surface area contributed by atoms with Crippen LogP contribution in [-0.4, -0.2) is 29.6 Å². The average Bonchev–Trinajstić information content (AvgIpc) is 3.20. The van der Waals surface area contributed by atoms with Crippen LogP contribution in [0.3, 0.4) is 0 Å². The molecule has 156 valence electrons. The minimum Gasteiger partial charge on any atom is -0.399 e. The van der Waals surface area contributed by atoms with Crippen LogP contribution in [0, 0.1) is 0 Å². The summed E-state index contributed by atoms with van der Waals surface area (Å²) in [6.07, 6.45) is 1.66. The van der Waals surface area contributed by atoms with E-state index in [2.05, 4.69) is 29.4 Å². The second-order valence-electron chi connectivity index (χ2n) is 7.88. The van der Waals surface area contributed by atoms with Crippen LogP contribution in [0.15, 0.2) is 36.4 Å². The zero-order valence-corrected chi connectivity index (χ0v) is 18.6. The molecule has 2 amide bonds. The zero-order valence-electron chi connectivity index (χ0n) is 17.0. The molecule has 8 heteroatoms. The molecule has 1 aromatic heterocycles. The van der Waals surface area contributed by atoms with E-state index in [-0.39, 0.29) is 5.91 Å². The molecule has 2 N–H and O–H groups in total. The molecule has 2 atom stereocenters. The third-order valence-corrected chi connectivity index (χ3v) is 6.21. The number of nitrogens with zero attached hydrogens (tertiary/aromatic N) is 1. The molecule has 1 fully saturated rings. The van der Waals surface area contributed by atoms with Crippen LogP contribution in [0.5, 0.6) is 5.06 Å². The second-order valence-corrected chi connectivity index (χ2v) is 9.56. The average molecular weight is 436 g/mol. The Morgan fingerprint density at radius 1 is 1.10 bits per heavy atom. The lowest BCUT2D eigenvalue weighted by atomic mass is 10.0. The van der Waals surface area contributed by atoms with Crippen LogP contribution in [0.25, 0.3) is 0 Å². The molecule has 2 unspecified atom stereocenters. The summed E-state index contributed by atoms with van der Waals surface area (Å²) in [6.45, 7) is 7.70. The fourth-order valence-electron chi connectivity index (χ4n) is 3.49. The number of hydrogen-bond donors (Lipinski definition) is 2. The summed E-state index contributed by atoms with van der Waals surface area (Å²) in [6, 6.07) is 12.1. The number of carbonyl (C=O) groups excluding carboxylic acids is 2. The van der Waals surface area contributed by atoms with Crippen molar-refractivity contribution in [3.8, 4) is 5.06 Å². The van der Waals surface area contributed by atoms with E-state index in [1.807, 2.05) is 24.3 Å². The van der Waals surface area contributed by atoms with Crippen LogP contribution in [0.1, 0.15) is 40.5 Å². The van der Waals surface area contributed by atoms with Gasteiger partial charge in [-0.1, -0.05) is 22.9 Å². The van der Waals surface area contributed by atoms with E-state index in [1.165, 1.54) is 12.8 Å². The third kappa shape index (κ3) is 5.22. The molecule has 1 aliphatic heterocycles. The lowest BCUT2D eigenvalue weighted by molar-refractivity contribution is -0.121. The van der Waals surface area contributed by atoms with Crippen molar-refractivity contribution in [3.05, 3.63) is 40.7 Å². The monoisotopic (exact) mass is 435 g/mol. The highest BCUT2D eigenvalue weighted by atomic mass is 35.5. The Morgan fingerprint density at radius 2 is 1.72 bits per heavy atom. The predicted molar refractivity (Wildman–Crippen MR) is 118 cm³/mol. The Morgan fingerprint density at radius 3 is 2.28 bits per heavy atom. The van der Waals surface area contributed by atoms with Gasteiger partial charge in [0.05, 0.1) is 4.34 Å². The number of thiophene rings is 1. The molecular formula is C21H26ClN3O3S. The molecule has 29 heavy (non-hydrogen) atoms. The number of benzene rings is 1. The van der Waals surface area contributed by atoms with E-state index in [1.54, 1.807) is 26.0 Å². The van der Waals surface area contributed by atoms with E-state index in [0.29, 0.717) is 27.2 Å². The first-order valence-corrected chi connectivity index (χ1v) is 10.8. The normalized spacial score (nSPS) is 19.1. The number of ether oxygens (including phenoxy) is 1. The minimum atomic E-state index is -1.16. The van der Waals surface area contributed by atoms with Gasteiger partial charge in [0.15, 0.2) is 5.06 Å². The molecule has 2 heterocycles. The molecule has 0 spiro atoms. The van der Waals surface area contributed by atoms with Crippen LogP contribution >= 0.6 is 22.9 Å². The van der Waals surface area contributed by atoms with Crippen molar-refractivity contribution in [2.24, 2.45) is 0 Å². The van der Waals surface area contributed by atoms with Gasteiger partial charge in [-0.3, -0.25) is 4.79 Å². The van der Waals surface area contributed by atoms with Gasteiger partial charge in [0.1, 0.15) is 5.54 Å². The zero-order chi connectivity index (χ0) is 21.2. The van der Waals surface area contributed by atoms with Crippen LogP contribution < -0.4 is 20.3 Å². The van der Waals surface area contributed by atoms with Crippen LogP contribution in [0.4, 0.5) is 16.2 Å². The molecule has 0 radical (unpaired) electrons. The smallest absolute Gasteiger partial charge is 0.399 e. The first kappa shape index (κ1) is 21.5. The lowest BCUT2D eigenvalue weighted by Gasteiger charge is -2.29. The van der Waals surface area contributed by atoms with Crippen molar-refractivity contribution >= 4 is 46.3 Å². The number of amides is 2. The van der Waals surface area contributed by atoms with Crippen molar-refractivity contribution in [3.63, 3.8) is 0 Å². The van der Waals surface area contributed by atoms with E-state index >= 15 is 0 Å². The first-order valence-electron chi connectivity index (χ1n) is 9.61. The molecule has 0 bridgehead atoms. The van der Waals surface area contributed by atoms with Gasteiger partial charge >= 0.3 is 6.09 Å². The van der Waals surface area contributed by atoms with Gasteiger partial charge in [0, 0.05) is 23.5 Å². The molecule has 1 saturated heterocycles. The van der Waals surface area contributed by atoms with E-state index in [4.69, 9.17) is 16.3 Å². The fourth-order valence-corrected chi connectivity index (χ4v) is 4.36. The summed E-state index contributed by atoms with van der Waals surface area (Å²) in [5, 5.41) is 5.80. The second kappa shape index (κ2) is 8.63. The van der Waals surface area contributed by atoms with Gasteiger partial charge in [0.2, 0.25) is 5.91 Å². The maximum atomic E-state index is 12.7. The Bertz CT molecular complexity index is 872. The number of hydrogen-bond acceptors (Lipinski definition) is 5. The molecule has 1 aliphatic rings. The molecular weight excluding hydrogens is 410 g/mol. The quantitative estimate of drug-likeness (QED) is 0.669. The van der Waals surface area contributed by atoms with Gasteiger partial charge in [-0.05, 0) is 76.9 Å². The van der Waals surface area contributed by atoms with Gasteiger partial charge < -0.3 is 20.3 Å². The summed E-state index contributed by atoms with van der Waals surface area (Å²) in [4.78, 5) is 27.2. The maximum absolute atomic E-state index is 12.7. The number of nitrogens with one attached hydrogen (secondary N) is 2. The van der Waals surface area contributed by atoms with E-state index in [9.17, 15) is 9.59 Å². The van der Waals surface area contributed by atoms with Gasteiger partial charge in [-0.2, -0.15) is 0 Å². The largest absolute Gasteiger partial charge is 0.414 e. The van der Waals surface area contributed by atoms with Gasteiger partial charge in [0.25, 0.3) is 0 Å². The fraction of sp³-hybridized carbons (Fsp3) is 0.429. The van der Waals surface area contributed by atoms with Crippen molar-refractivity contribution in [1.29, 1.82) is 0 Å². The van der Waals surface area contributed by atoms with E-state index < -0.39 is 11.6 Å². The summed E-state index contributed by atoms with van der Waals surface area (Å²) >= 11 is 6.97. The SMILES string of the molecule is CC1CCC(C)N1c1ccc(NC(=O)C(C)(C)NC(=O)Oc2ccc(Cl)s2)cc1.